The normalized spacial score (nSPS) is 14.5. The van der Waals surface area contributed by atoms with E-state index in [-0.39, 0.29) is 5.03 Å². The van der Waals surface area contributed by atoms with Crippen LogP contribution in [0.4, 0.5) is 0 Å². The van der Waals surface area contributed by atoms with E-state index in [4.69, 9.17) is 16.9 Å². The standard InChI is InChI=1S/C15H12ClN3O3S2/c1-23(20,13-7-5-12(16)6-8-13)19-11-14(10-17)24(21,22)15-4-2-3-9-18-15/h2-9,11H,1H3/b14-11+/t23-/m0/s1. The molecule has 0 spiro atoms. The van der Waals surface area contributed by atoms with E-state index in [0.717, 1.165) is 6.20 Å². The molecular weight excluding hydrogens is 370 g/mol. The molecular formula is C15H12ClN3O3S2. The van der Waals surface area contributed by atoms with Crippen LogP contribution >= 0.6 is 11.6 Å². The van der Waals surface area contributed by atoms with Gasteiger partial charge in [0.2, 0.25) is 9.84 Å². The lowest BCUT2D eigenvalue weighted by Crippen LogP contribution is -2.05. The van der Waals surface area contributed by atoms with Crippen molar-refractivity contribution in [1.82, 2.24) is 4.98 Å². The van der Waals surface area contributed by atoms with Crippen molar-refractivity contribution in [2.45, 2.75) is 9.92 Å². The van der Waals surface area contributed by atoms with Crippen LogP contribution in [0, 0.1) is 11.3 Å². The van der Waals surface area contributed by atoms with Gasteiger partial charge < -0.3 is 0 Å². The minimum atomic E-state index is -4.11. The third kappa shape index (κ3) is 4.00. The number of nitrogens with zero attached hydrogens (tertiary/aromatic N) is 3. The summed E-state index contributed by atoms with van der Waals surface area (Å²) in [6.07, 6.45) is 3.45. The van der Waals surface area contributed by atoms with Crippen molar-refractivity contribution >= 4 is 31.2 Å². The van der Waals surface area contributed by atoms with Crippen LogP contribution < -0.4 is 0 Å². The smallest absolute Gasteiger partial charge is 0.235 e. The van der Waals surface area contributed by atoms with Gasteiger partial charge in [-0.15, -0.1) is 0 Å². The van der Waals surface area contributed by atoms with Crippen LogP contribution in [-0.2, 0) is 19.6 Å². The van der Waals surface area contributed by atoms with Gasteiger partial charge in [0.1, 0.15) is 6.07 Å². The van der Waals surface area contributed by atoms with Crippen LogP contribution in [0.3, 0.4) is 0 Å². The van der Waals surface area contributed by atoms with Crippen molar-refractivity contribution in [3.05, 3.63) is 64.8 Å². The molecule has 0 aliphatic rings. The van der Waals surface area contributed by atoms with E-state index < -0.39 is 24.5 Å². The molecule has 1 aromatic heterocycles. The topological polar surface area (TPSA) is 100 Å². The predicted molar refractivity (Wildman–Crippen MR) is 91.3 cm³/mol. The highest BCUT2D eigenvalue weighted by Crippen LogP contribution is 2.19. The van der Waals surface area contributed by atoms with Gasteiger partial charge >= 0.3 is 0 Å². The average Bonchev–Trinajstić information content (AvgIpc) is 2.56. The number of hydrogen-bond donors (Lipinski definition) is 0. The summed E-state index contributed by atoms with van der Waals surface area (Å²) in [7, 11) is -7.03. The molecule has 0 amide bonds. The Morgan fingerprint density at radius 2 is 1.88 bits per heavy atom. The molecule has 24 heavy (non-hydrogen) atoms. The van der Waals surface area contributed by atoms with Gasteiger partial charge in [0.25, 0.3) is 0 Å². The summed E-state index contributed by atoms with van der Waals surface area (Å²) in [5, 5.41) is 9.33. The van der Waals surface area contributed by atoms with Gasteiger partial charge in [-0.2, -0.15) is 5.26 Å². The lowest BCUT2D eigenvalue weighted by Gasteiger charge is -2.04. The number of benzene rings is 1. The zero-order valence-corrected chi connectivity index (χ0v) is 14.8. The molecule has 0 unspecified atom stereocenters. The van der Waals surface area contributed by atoms with Crippen LogP contribution in [0.25, 0.3) is 0 Å². The SMILES string of the molecule is C[S@@](=O)(=N/C=C(\C#N)S(=O)(=O)c1ccccn1)c1ccc(Cl)cc1. The third-order valence-corrected chi connectivity index (χ3v) is 6.41. The molecule has 2 aromatic rings. The number of allylic oxidation sites excluding steroid dienone is 1. The third-order valence-electron chi connectivity index (χ3n) is 2.93. The number of halogens is 1. The summed E-state index contributed by atoms with van der Waals surface area (Å²) in [4.78, 5) is 3.46. The van der Waals surface area contributed by atoms with Crippen molar-refractivity contribution in [2.24, 2.45) is 4.36 Å². The summed E-state index contributed by atoms with van der Waals surface area (Å²) in [6, 6.07) is 12.0. The van der Waals surface area contributed by atoms with Crippen molar-refractivity contribution in [3.8, 4) is 6.07 Å². The minimum Gasteiger partial charge on any atom is -0.245 e. The monoisotopic (exact) mass is 381 g/mol. The van der Waals surface area contributed by atoms with Gasteiger partial charge in [-0.1, -0.05) is 17.7 Å². The van der Waals surface area contributed by atoms with Crippen LogP contribution in [-0.4, -0.2) is 23.9 Å². The van der Waals surface area contributed by atoms with Gasteiger partial charge in [0, 0.05) is 22.4 Å². The highest BCUT2D eigenvalue weighted by atomic mass is 35.5. The quantitative estimate of drug-likeness (QED) is 0.757. The predicted octanol–water partition coefficient (Wildman–Crippen LogP) is 3.03. The molecule has 6 nitrogen and oxygen atoms in total. The fourth-order valence-corrected chi connectivity index (χ4v) is 3.93. The molecule has 0 aliphatic heterocycles. The zero-order chi connectivity index (χ0) is 17.8. The molecule has 1 heterocycles. The second kappa shape index (κ2) is 7.13. The van der Waals surface area contributed by atoms with Crippen molar-refractivity contribution in [3.63, 3.8) is 0 Å². The van der Waals surface area contributed by atoms with Crippen molar-refractivity contribution < 1.29 is 12.6 Å². The molecule has 0 bridgehead atoms. The molecule has 0 saturated heterocycles. The maximum absolute atomic E-state index is 12.6. The Hall–Kier alpha value is -2.21. The number of nitriles is 1. The zero-order valence-electron chi connectivity index (χ0n) is 12.5. The highest BCUT2D eigenvalue weighted by Gasteiger charge is 2.22. The summed E-state index contributed by atoms with van der Waals surface area (Å²) in [5.74, 6) is 0. The van der Waals surface area contributed by atoms with Crippen LogP contribution in [0.2, 0.25) is 5.02 Å². The van der Waals surface area contributed by atoms with Gasteiger partial charge in [-0.05, 0) is 36.4 Å². The minimum absolute atomic E-state index is 0.276. The van der Waals surface area contributed by atoms with Gasteiger partial charge in [0.15, 0.2) is 9.93 Å². The first kappa shape index (κ1) is 18.1. The highest BCUT2D eigenvalue weighted by molar-refractivity contribution is 7.95. The number of rotatable bonds is 4. The fourth-order valence-electron chi connectivity index (χ4n) is 1.67. The first-order valence-corrected chi connectivity index (χ1v) is 10.3. The number of hydrogen-bond acceptors (Lipinski definition) is 6. The Labute approximate surface area is 145 Å². The summed E-state index contributed by atoms with van der Waals surface area (Å²) in [5.41, 5.74) is 0. The molecule has 124 valence electrons. The molecule has 1 atom stereocenters. The van der Waals surface area contributed by atoms with Crippen LogP contribution in [0.5, 0.6) is 0 Å². The summed E-state index contributed by atoms with van der Waals surface area (Å²) in [6.45, 7) is 0. The molecule has 9 heteroatoms. The van der Waals surface area contributed by atoms with E-state index in [9.17, 15) is 12.6 Å². The van der Waals surface area contributed by atoms with E-state index in [1.165, 1.54) is 36.7 Å². The molecule has 2 rings (SSSR count). The van der Waals surface area contributed by atoms with E-state index >= 15 is 0 Å². The number of sulfone groups is 1. The van der Waals surface area contributed by atoms with Crippen LogP contribution in [0.15, 0.2) is 74.1 Å². The maximum Gasteiger partial charge on any atom is 0.235 e. The van der Waals surface area contributed by atoms with Gasteiger partial charge in [-0.25, -0.2) is 22.0 Å². The van der Waals surface area contributed by atoms with Crippen molar-refractivity contribution in [1.29, 1.82) is 5.26 Å². The summed E-state index contributed by atoms with van der Waals surface area (Å²) >= 11 is 5.77. The van der Waals surface area contributed by atoms with E-state index in [1.807, 2.05) is 0 Å². The van der Waals surface area contributed by atoms with E-state index in [0.29, 0.717) is 9.92 Å². The Bertz CT molecular complexity index is 1030. The number of pyridine rings is 1. The molecule has 0 saturated carbocycles. The Kier molecular flexibility index (Phi) is 5.39. The molecule has 1 aromatic carbocycles. The molecule has 0 aliphatic carbocycles. The van der Waals surface area contributed by atoms with E-state index in [1.54, 1.807) is 24.3 Å². The lowest BCUT2D eigenvalue weighted by molar-refractivity contribution is 0.599. The van der Waals surface area contributed by atoms with Crippen LogP contribution in [0.1, 0.15) is 0 Å². The van der Waals surface area contributed by atoms with E-state index in [2.05, 4.69) is 9.35 Å². The first-order valence-electron chi connectivity index (χ1n) is 6.50. The summed E-state index contributed by atoms with van der Waals surface area (Å²) < 4.78 is 41.1. The van der Waals surface area contributed by atoms with Gasteiger partial charge in [0.05, 0.1) is 15.9 Å². The Morgan fingerprint density at radius 1 is 1.21 bits per heavy atom. The lowest BCUT2D eigenvalue weighted by atomic mass is 10.4. The molecule has 0 fully saturated rings. The second-order valence-electron chi connectivity index (χ2n) is 4.64. The maximum atomic E-state index is 12.6. The number of aromatic nitrogens is 1. The fraction of sp³-hybridized carbons (Fsp3) is 0.0667. The van der Waals surface area contributed by atoms with Crippen molar-refractivity contribution in [2.75, 3.05) is 6.26 Å². The second-order valence-corrected chi connectivity index (χ2v) is 9.23. The first-order chi connectivity index (χ1) is 11.3. The molecule has 0 N–H and O–H groups in total. The molecule has 0 radical (unpaired) electrons. The average molecular weight is 382 g/mol. The largest absolute Gasteiger partial charge is 0.245 e. The Balaban J connectivity index is 2.50. The van der Waals surface area contributed by atoms with Gasteiger partial charge in [-0.3, -0.25) is 0 Å². The Morgan fingerprint density at radius 3 is 2.42 bits per heavy atom.